The fourth-order valence-corrected chi connectivity index (χ4v) is 4.01. The summed E-state index contributed by atoms with van der Waals surface area (Å²) in [6.45, 7) is 2.50. The Labute approximate surface area is 182 Å². The summed E-state index contributed by atoms with van der Waals surface area (Å²) in [6.07, 6.45) is 0.0146. The lowest BCUT2D eigenvalue weighted by Gasteiger charge is -2.09. The van der Waals surface area contributed by atoms with Crippen molar-refractivity contribution in [2.45, 2.75) is 37.2 Å². The zero-order valence-corrected chi connectivity index (χ0v) is 17.8. The number of hydrogen-bond acceptors (Lipinski definition) is 5. The first-order valence-corrected chi connectivity index (χ1v) is 10.7. The average molecular weight is 447 g/mol. The van der Waals surface area contributed by atoms with E-state index in [0.717, 1.165) is 5.56 Å². The van der Waals surface area contributed by atoms with Gasteiger partial charge in [-0.25, -0.2) is 4.39 Å². The Morgan fingerprint density at radius 3 is 2.53 bits per heavy atom. The second-order valence-electron chi connectivity index (χ2n) is 6.41. The smallest absolute Gasteiger partial charge is 0.231 e. The molecule has 0 unspecified atom stereocenters. The van der Waals surface area contributed by atoms with Crippen LogP contribution in [0.15, 0.2) is 53.7 Å². The summed E-state index contributed by atoms with van der Waals surface area (Å²) < 4.78 is 14.7. The maximum Gasteiger partial charge on any atom is 0.231 e. The second kappa shape index (κ2) is 10.4. The molecule has 0 spiro atoms. The maximum absolute atomic E-state index is 13.0. The van der Waals surface area contributed by atoms with E-state index in [1.807, 2.05) is 31.2 Å². The molecular formula is C21H20ClFN4O2S. The predicted octanol–water partition coefficient (Wildman–Crippen LogP) is 4.98. The Bertz CT molecular complexity index is 1040. The van der Waals surface area contributed by atoms with Crippen molar-refractivity contribution in [2.24, 2.45) is 0 Å². The summed E-state index contributed by atoms with van der Waals surface area (Å²) in [5.41, 5.74) is 1.36. The predicted molar refractivity (Wildman–Crippen MR) is 115 cm³/mol. The number of amides is 1. The fraction of sp³-hybridized carbons (Fsp3) is 0.238. The minimum atomic E-state index is -0.411. The Morgan fingerprint density at radius 2 is 1.83 bits per heavy atom. The van der Waals surface area contributed by atoms with Crippen LogP contribution in [0.4, 0.5) is 10.3 Å². The molecule has 0 aliphatic heterocycles. The van der Waals surface area contributed by atoms with Gasteiger partial charge < -0.3 is 0 Å². The SMILES string of the molecule is CCn1c(NC(=O)CCC(=O)c2ccc(F)cc2)nnc1SCc1ccccc1Cl. The van der Waals surface area contributed by atoms with E-state index in [0.29, 0.717) is 34.0 Å². The number of anilines is 1. The molecule has 0 aliphatic carbocycles. The first-order valence-electron chi connectivity index (χ1n) is 9.36. The standard InChI is InChI=1S/C21H20ClFN4O2S/c1-2-27-20(25-26-21(27)30-13-15-5-3-4-6-17(15)22)24-19(29)12-11-18(28)14-7-9-16(23)10-8-14/h3-10H,2,11-13H2,1H3,(H,24,25,29). The second-order valence-corrected chi connectivity index (χ2v) is 7.76. The van der Waals surface area contributed by atoms with Crippen LogP contribution in [0.1, 0.15) is 35.7 Å². The number of nitrogens with zero attached hydrogens (tertiary/aromatic N) is 3. The van der Waals surface area contributed by atoms with Crippen LogP contribution in [-0.4, -0.2) is 26.5 Å². The van der Waals surface area contributed by atoms with E-state index >= 15 is 0 Å². The highest BCUT2D eigenvalue weighted by atomic mass is 35.5. The molecule has 1 heterocycles. The van der Waals surface area contributed by atoms with Crippen molar-refractivity contribution < 1.29 is 14.0 Å². The Hall–Kier alpha value is -2.71. The van der Waals surface area contributed by atoms with Crippen molar-refractivity contribution in [3.63, 3.8) is 0 Å². The fourth-order valence-electron chi connectivity index (χ4n) is 2.73. The van der Waals surface area contributed by atoms with E-state index in [1.54, 1.807) is 4.57 Å². The number of carbonyl (C=O) groups is 2. The number of nitrogens with one attached hydrogen (secondary N) is 1. The van der Waals surface area contributed by atoms with Gasteiger partial charge in [-0.3, -0.25) is 19.5 Å². The van der Waals surface area contributed by atoms with Gasteiger partial charge in [-0.15, -0.1) is 10.2 Å². The summed E-state index contributed by atoms with van der Waals surface area (Å²) in [5.74, 6) is -0.0177. The number of Topliss-reactive ketones (excluding diaryl/α,β-unsaturated/α-hetero) is 1. The van der Waals surface area contributed by atoms with E-state index in [-0.39, 0.29) is 24.5 Å². The molecule has 3 rings (SSSR count). The molecule has 1 aromatic heterocycles. The highest BCUT2D eigenvalue weighted by Gasteiger charge is 2.16. The first kappa shape index (κ1) is 22.0. The van der Waals surface area contributed by atoms with Crippen LogP contribution in [0.3, 0.4) is 0 Å². The monoisotopic (exact) mass is 446 g/mol. The molecule has 9 heteroatoms. The number of halogens is 2. The molecular weight excluding hydrogens is 427 g/mol. The number of rotatable bonds is 9. The summed E-state index contributed by atoms with van der Waals surface area (Å²) in [5, 5.41) is 12.3. The van der Waals surface area contributed by atoms with Crippen molar-refractivity contribution in [3.05, 3.63) is 70.5 Å². The molecule has 0 radical (unpaired) electrons. The van der Waals surface area contributed by atoms with Gasteiger partial charge >= 0.3 is 0 Å². The van der Waals surface area contributed by atoms with Crippen LogP contribution in [-0.2, 0) is 17.1 Å². The highest BCUT2D eigenvalue weighted by molar-refractivity contribution is 7.98. The van der Waals surface area contributed by atoms with Crippen LogP contribution < -0.4 is 5.32 Å². The van der Waals surface area contributed by atoms with Crippen LogP contribution in [0.5, 0.6) is 0 Å². The number of hydrogen-bond donors (Lipinski definition) is 1. The summed E-state index contributed by atoms with van der Waals surface area (Å²) in [6, 6.07) is 12.8. The quantitative estimate of drug-likeness (QED) is 0.370. The average Bonchev–Trinajstić information content (AvgIpc) is 3.13. The van der Waals surface area contributed by atoms with Crippen molar-refractivity contribution in [1.82, 2.24) is 14.8 Å². The Morgan fingerprint density at radius 1 is 1.10 bits per heavy atom. The van der Waals surface area contributed by atoms with E-state index in [9.17, 15) is 14.0 Å². The molecule has 0 bridgehead atoms. The third kappa shape index (κ3) is 5.67. The molecule has 1 N–H and O–H groups in total. The Kier molecular flexibility index (Phi) is 7.59. The third-order valence-electron chi connectivity index (χ3n) is 4.34. The van der Waals surface area contributed by atoms with E-state index in [1.165, 1.54) is 36.0 Å². The number of ketones is 1. The van der Waals surface area contributed by atoms with Gasteiger partial charge in [0.2, 0.25) is 11.9 Å². The topological polar surface area (TPSA) is 76.9 Å². The molecule has 0 fully saturated rings. The number of aromatic nitrogens is 3. The van der Waals surface area contributed by atoms with E-state index in [4.69, 9.17) is 11.6 Å². The van der Waals surface area contributed by atoms with Gasteiger partial charge in [0.25, 0.3) is 0 Å². The molecule has 0 aliphatic rings. The van der Waals surface area contributed by atoms with Crippen LogP contribution in [0, 0.1) is 5.82 Å². The third-order valence-corrected chi connectivity index (χ3v) is 5.73. The summed E-state index contributed by atoms with van der Waals surface area (Å²) >= 11 is 7.66. The van der Waals surface area contributed by atoms with Crippen LogP contribution >= 0.6 is 23.4 Å². The molecule has 156 valence electrons. The lowest BCUT2D eigenvalue weighted by Crippen LogP contribution is -2.17. The summed E-state index contributed by atoms with van der Waals surface area (Å²) in [7, 11) is 0. The van der Waals surface area contributed by atoms with Gasteiger partial charge in [-0.05, 0) is 42.8 Å². The zero-order valence-electron chi connectivity index (χ0n) is 16.3. The van der Waals surface area contributed by atoms with Crippen LogP contribution in [0.25, 0.3) is 0 Å². The summed E-state index contributed by atoms with van der Waals surface area (Å²) in [4.78, 5) is 24.4. The van der Waals surface area contributed by atoms with E-state index < -0.39 is 5.82 Å². The van der Waals surface area contributed by atoms with Gasteiger partial charge in [0.1, 0.15) is 5.82 Å². The molecule has 0 atom stereocenters. The molecule has 2 aromatic carbocycles. The van der Waals surface area contributed by atoms with Gasteiger partial charge in [-0.1, -0.05) is 41.6 Å². The molecule has 0 saturated heterocycles. The molecule has 3 aromatic rings. The highest BCUT2D eigenvalue weighted by Crippen LogP contribution is 2.27. The van der Waals surface area contributed by atoms with Gasteiger partial charge in [0, 0.05) is 35.7 Å². The lowest BCUT2D eigenvalue weighted by atomic mass is 10.1. The van der Waals surface area contributed by atoms with Crippen molar-refractivity contribution in [1.29, 1.82) is 0 Å². The minimum Gasteiger partial charge on any atom is -0.295 e. The van der Waals surface area contributed by atoms with Crippen molar-refractivity contribution >= 4 is 41.0 Å². The molecule has 30 heavy (non-hydrogen) atoms. The zero-order chi connectivity index (χ0) is 21.5. The van der Waals surface area contributed by atoms with Crippen molar-refractivity contribution in [3.8, 4) is 0 Å². The Balaban J connectivity index is 1.57. The van der Waals surface area contributed by atoms with Crippen LogP contribution in [0.2, 0.25) is 5.02 Å². The molecule has 6 nitrogen and oxygen atoms in total. The van der Waals surface area contributed by atoms with Gasteiger partial charge in [0.05, 0.1) is 0 Å². The maximum atomic E-state index is 13.0. The number of thioether (sulfide) groups is 1. The largest absolute Gasteiger partial charge is 0.295 e. The number of benzene rings is 2. The lowest BCUT2D eigenvalue weighted by molar-refractivity contribution is -0.116. The van der Waals surface area contributed by atoms with Gasteiger partial charge in [0.15, 0.2) is 10.9 Å². The van der Waals surface area contributed by atoms with Crippen molar-refractivity contribution in [2.75, 3.05) is 5.32 Å². The molecule has 1 amide bonds. The van der Waals surface area contributed by atoms with Gasteiger partial charge in [-0.2, -0.15) is 0 Å². The number of carbonyl (C=O) groups excluding carboxylic acids is 2. The normalized spacial score (nSPS) is 10.8. The minimum absolute atomic E-state index is 0.00508. The molecule has 0 saturated carbocycles. The van der Waals surface area contributed by atoms with E-state index in [2.05, 4.69) is 15.5 Å². The first-order chi connectivity index (χ1) is 14.5.